The van der Waals surface area contributed by atoms with E-state index in [0.29, 0.717) is 0 Å². The molecule has 0 bridgehead atoms. The monoisotopic (exact) mass is 210 g/mol. The lowest BCUT2D eigenvalue weighted by atomic mass is 9.85. The van der Waals surface area contributed by atoms with E-state index in [1.807, 2.05) is 0 Å². The predicted molar refractivity (Wildman–Crippen MR) is 67.1 cm³/mol. The van der Waals surface area contributed by atoms with Crippen molar-refractivity contribution in [3.8, 4) is 0 Å². The lowest BCUT2D eigenvalue weighted by molar-refractivity contribution is 0.194. The second-order valence-electron chi connectivity index (χ2n) is 4.65. The van der Waals surface area contributed by atoms with Crippen LogP contribution in [0.25, 0.3) is 0 Å². The van der Waals surface area contributed by atoms with Gasteiger partial charge in [0.05, 0.1) is 0 Å². The zero-order chi connectivity index (χ0) is 11.1. The summed E-state index contributed by atoms with van der Waals surface area (Å²) in [6, 6.07) is 0. The van der Waals surface area contributed by atoms with Crippen LogP contribution < -0.4 is 5.32 Å². The second kappa shape index (κ2) is 7.02. The molecule has 1 aliphatic rings. The van der Waals surface area contributed by atoms with Gasteiger partial charge in [0.15, 0.2) is 0 Å². The molecule has 0 amide bonds. The van der Waals surface area contributed by atoms with Crippen molar-refractivity contribution in [1.29, 1.82) is 0 Å². The molecule has 1 fully saturated rings. The molecule has 0 unspecified atom stereocenters. The molecule has 1 rings (SSSR count). The summed E-state index contributed by atoms with van der Waals surface area (Å²) in [7, 11) is 0. The van der Waals surface area contributed by atoms with Crippen molar-refractivity contribution in [3.05, 3.63) is 12.2 Å². The summed E-state index contributed by atoms with van der Waals surface area (Å²) in [5.41, 5.74) is 1.32. The Labute approximate surface area is 94.7 Å². The van der Waals surface area contributed by atoms with Gasteiger partial charge in [0.2, 0.25) is 0 Å². The molecule has 0 heterocycles. The van der Waals surface area contributed by atoms with Crippen LogP contribution in [0.3, 0.4) is 0 Å². The van der Waals surface area contributed by atoms with E-state index >= 15 is 0 Å². The van der Waals surface area contributed by atoms with Crippen LogP contribution in [0.2, 0.25) is 0 Å². The molecule has 1 saturated carbocycles. The molecule has 2 heteroatoms. The Morgan fingerprint density at radius 2 is 2.13 bits per heavy atom. The van der Waals surface area contributed by atoms with Crippen molar-refractivity contribution in [3.63, 3.8) is 0 Å². The van der Waals surface area contributed by atoms with Crippen molar-refractivity contribution in [2.45, 2.75) is 33.1 Å². The van der Waals surface area contributed by atoms with Crippen LogP contribution >= 0.6 is 0 Å². The normalized spacial score (nSPS) is 16.7. The van der Waals surface area contributed by atoms with Crippen LogP contribution in [0, 0.1) is 5.92 Å². The zero-order valence-corrected chi connectivity index (χ0v) is 10.4. The van der Waals surface area contributed by atoms with E-state index in [1.165, 1.54) is 31.4 Å². The van der Waals surface area contributed by atoms with Crippen LogP contribution in [0.15, 0.2) is 12.2 Å². The first kappa shape index (κ1) is 12.7. The Morgan fingerprint density at radius 3 is 2.60 bits per heavy atom. The molecule has 2 nitrogen and oxygen atoms in total. The highest BCUT2D eigenvalue weighted by atomic mass is 15.1. The molecule has 1 N–H and O–H groups in total. The molecule has 88 valence electrons. The van der Waals surface area contributed by atoms with Gasteiger partial charge in [0, 0.05) is 19.6 Å². The zero-order valence-electron chi connectivity index (χ0n) is 10.4. The Morgan fingerprint density at radius 1 is 1.40 bits per heavy atom. The van der Waals surface area contributed by atoms with Crippen molar-refractivity contribution < 1.29 is 0 Å². The average Bonchev–Trinajstić information content (AvgIpc) is 2.18. The van der Waals surface area contributed by atoms with Gasteiger partial charge in [-0.25, -0.2) is 0 Å². The molecule has 15 heavy (non-hydrogen) atoms. The van der Waals surface area contributed by atoms with Crippen LogP contribution in [0.4, 0.5) is 0 Å². The summed E-state index contributed by atoms with van der Waals surface area (Å²) >= 11 is 0. The topological polar surface area (TPSA) is 15.3 Å². The number of rotatable bonds is 8. The summed E-state index contributed by atoms with van der Waals surface area (Å²) in [6.45, 7) is 14.0. The summed E-state index contributed by atoms with van der Waals surface area (Å²) < 4.78 is 0. The third kappa shape index (κ3) is 4.80. The second-order valence-corrected chi connectivity index (χ2v) is 4.65. The fraction of sp³-hybridized carbons (Fsp3) is 0.846. The van der Waals surface area contributed by atoms with Gasteiger partial charge < -0.3 is 5.32 Å². The largest absolute Gasteiger partial charge is 0.313 e. The van der Waals surface area contributed by atoms with E-state index in [4.69, 9.17) is 0 Å². The minimum absolute atomic E-state index is 0.969. The van der Waals surface area contributed by atoms with Crippen molar-refractivity contribution in [1.82, 2.24) is 10.2 Å². The van der Waals surface area contributed by atoms with E-state index in [1.54, 1.807) is 0 Å². The Kier molecular flexibility index (Phi) is 5.96. The minimum Gasteiger partial charge on any atom is -0.313 e. The third-order valence-corrected chi connectivity index (χ3v) is 3.26. The summed E-state index contributed by atoms with van der Waals surface area (Å²) in [4.78, 5) is 2.53. The van der Waals surface area contributed by atoms with Crippen LogP contribution in [-0.2, 0) is 0 Å². The summed E-state index contributed by atoms with van der Waals surface area (Å²) in [6.07, 6.45) is 4.33. The number of hydrogen-bond acceptors (Lipinski definition) is 2. The fourth-order valence-corrected chi connectivity index (χ4v) is 2.02. The van der Waals surface area contributed by atoms with Gasteiger partial charge in [-0.2, -0.15) is 0 Å². The molecule has 0 saturated heterocycles. The maximum absolute atomic E-state index is 4.13. The van der Waals surface area contributed by atoms with Gasteiger partial charge in [-0.3, -0.25) is 4.90 Å². The van der Waals surface area contributed by atoms with Crippen LogP contribution in [-0.4, -0.2) is 37.6 Å². The maximum Gasteiger partial charge on any atom is 0.0202 e. The van der Waals surface area contributed by atoms with E-state index in [-0.39, 0.29) is 0 Å². The highest BCUT2D eigenvalue weighted by Gasteiger charge is 2.19. The van der Waals surface area contributed by atoms with E-state index in [2.05, 4.69) is 30.6 Å². The van der Waals surface area contributed by atoms with Gasteiger partial charge in [-0.05, 0) is 37.4 Å². The average molecular weight is 210 g/mol. The molecular formula is C13H26N2. The van der Waals surface area contributed by atoms with Crippen LogP contribution in [0.1, 0.15) is 33.1 Å². The fourth-order valence-electron chi connectivity index (χ4n) is 2.02. The standard InChI is InChI=1S/C13H26N2/c1-4-14-9-12(3)10-15(5-2)11-13-7-6-8-13/h13-14H,3-11H2,1-2H3. The lowest BCUT2D eigenvalue weighted by Gasteiger charge is -2.32. The van der Waals surface area contributed by atoms with Crippen molar-refractivity contribution >= 4 is 0 Å². The first-order valence-corrected chi connectivity index (χ1v) is 6.36. The molecule has 0 aliphatic heterocycles. The van der Waals surface area contributed by atoms with E-state index < -0.39 is 0 Å². The van der Waals surface area contributed by atoms with Crippen LogP contribution in [0.5, 0.6) is 0 Å². The molecule has 0 aromatic carbocycles. The van der Waals surface area contributed by atoms with E-state index in [0.717, 1.165) is 32.1 Å². The minimum atomic E-state index is 0.969. The molecule has 0 radical (unpaired) electrons. The molecular weight excluding hydrogens is 184 g/mol. The molecule has 0 atom stereocenters. The van der Waals surface area contributed by atoms with Crippen molar-refractivity contribution in [2.24, 2.45) is 5.92 Å². The Balaban J connectivity index is 2.16. The van der Waals surface area contributed by atoms with Crippen molar-refractivity contribution in [2.75, 3.05) is 32.7 Å². The smallest absolute Gasteiger partial charge is 0.0202 e. The molecule has 0 spiro atoms. The van der Waals surface area contributed by atoms with E-state index in [9.17, 15) is 0 Å². The number of nitrogens with zero attached hydrogens (tertiary/aromatic N) is 1. The first-order chi connectivity index (χ1) is 7.26. The quantitative estimate of drug-likeness (QED) is 0.618. The SMILES string of the molecule is C=C(CNCC)CN(CC)CC1CCC1. The number of nitrogens with one attached hydrogen (secondary N) is 1. The Hall–Kier alpha value is -0.340. The maximum atomic E-state index is 4.13. The van der Waals surface area contributed by atoms with Gasteiger partial charge >= 0.3 is 0 Å². The van der Waals surface area contributed by atoms with Gasteiger partial charge in [-0.1, -0.05) is 26.8 Å². The first-order valence-electron chi connectivity index (χ1n) is 6.36. The third-order valence-electron chi connectivity index (χ3n) is 3.26. The number of hydrogen-bond donors (Lipinski definition) is 1. The Bertz CT molecular complexity index is 185. The highest BCUT2D eigenvalue weighted by molar-refractivity contribution is 4.99. The molecule has 1 aliphatic carbocycles. The summed E-state index contributed by atoms with van der Waals surface area (Å²) in [5.74, 6) is 0.969. The van der Waals surface area contributed by atoms with Gasteiger partial charge in [0.1, 0.15) is 0 Å². The highest BCUT2D eigenvalue weighted by Crippen LogP contribution is 2.27. The number of likely N-dealkylation sites (N-methyl/N-ethyl adjacent to an activating group) is 2. The predicted octanol–water partition coefficient (Wildman–Crippen LogP) is 2.27. The molecule has 0 aromatic rings. The van der Waals surface area contributed by atoms with Gasteiger partial charge in [-0.15, -0.1) is 0 Å². The van der Waals surface area contributed by atoms with Gasteiger partial charge in [0.25, 0.3) is 0 Å². The molecule has 0 aromatic heterocycles. The summed E-state index contributed by atoms with van der Waals surface area (Å²) in [5, 5.41) is 3.33. The lowest BCUT2D eigenvalue weighted by Crippen LogP contribution is -2.35.